The van der Waals surface area contributed by atoms with Crippen LogP contribution in [0, 0.1) is 0 Å². The summed E-state index contributed by atoms with van der Waals surface area (Å²) in [6, 6.07) is 3.30. The molecule has 0 radical (unpaired) electrons. The van der Waals surface area contributed by atoms with E-state index in [4.69, 9.17) is 0 Å². The summed E-state index contributed by atoms with van der Waals surface area (Å²) in [6.45, 7) is 8.47. The molecule has 0 spiro atoms. The summed E-state index contributed by atoms with van der Waals surface area (Å²) in [5, 5.41) is 5.28. The summed E-state index contributed by atoms with van der Waals surface area (Å²) in [6.07, 6.45) is -4.51. The van der Waals surface area contributed by atoms with Gasteiger partial charge in [0.15, 0.2) is 0 Å². The molecule has 0 bridgehead atoms. The first-order valence-electron chi connectivity index (χ1n) is 9.21. The van der Waals surface area contributed by atoms with E-state index in [0.717, 1.165) is 12.1 Å². The lowest BCUT2D eigenvalue weighted by atomic mass is 10.1. The largest absolute Gasteiger partial charge is 0.416 e. The smallest absolute Gasteiger partial charge is 0.370 e. The molecular formula is C19H29F3N4O2. The number of hydrogen-bond acceptors (Lipinski definition) is 4. The van der Waals surface area contributed by atoms with E-state index in [1.807, 2.05) is 32.6 Å². The van der Waals surface area contributed by atoms with Gasteiger partial charge in [0.05, 0.1) is 30.0 Å². The Labute approximate surface area is 164 Å². The molecule has 1 aromatic carbocycles. The molecule has 9 heteroatoms. The fraction of sp³-hybridized carbons (Fsp3) is 0.579. The van der Waals surface area contributed by atoms with Gasteiger partial charge in [-0.25, -0.2) is 0 Å². The van der Waals surface area contributed by atoms with Crippen LogP contribution in [0.15, 0.2) is 18.2 Å². The standard InChI is InChI=1S/C19H29F3N4O2/c1-6-26(7-2)16-9-8-14(19(20,21)22)10-15(16)24-18(28)12-25(5)11-17(27)23-13(3)4/h8-10,13H,6-7,11-12H2,1-5H3,(H,23,27)(H,24,28). The molecule has 0 aliphatic carbocycles. The number of likely N-dealkylation sites (N-methyl/N-ethyl adjacent to an activating group) is 1. The number of benzene rings is 1. The van der Waals surface area contributed by atoms with E-state index in [9.17, 15) is 22.8 Å². The van der Waals surface area contributed by atoms with Crippen molar-refractivity contribution >= 4 is 23.2 Å². The molecule has 0 saturated heterocycles. The quantitative estimate of drug-likeness (QED) is 0.667. The second kappa shape index (κ2) is 10.3. The van der Waals surface area contributed by atoms with Crippen LogP contribution >= 0.6 is 0 Å². The minimum Gasteiger partial charge on any atom is -0.370 e. The first-order chi connectivity index (χ1) is 13.0. The number of nitrogens with one attached hydrogen (secondary N) is 2. The molecule has 6 nitrogen and oxygen atoms in total. The maximum Gasteiger partial charge on any atom is 0.416 e. The minimum atomic E-state index is -4.51. The molecule has 1 rings (SSSR count). The van der Waals surface area contributed by atoms with Crippen LogP contribution in [0.1, 0.15) is 33.3 Å². The molecule has 0 heterocycles. The van der Waals surface area contributed by atoms with E-state index in [1.54, 1.807) is 7.05 Å². The van der Waals surface area contributed by atoms with Crippen molar-refractivity contribution in [2.45, 2.75) is 39.9 Å². The van der Waals surface area contributed by atoms with Crippen LogP contribution < -0.4 is 15.5 Å². The molecule has 0 aliphatic rings. The van der Waals surface area contributed by atoms with Gasteiger partial charge in [-0.05, 0) is 52.9 Å². The van der Waals surface area contributed by atoms with Gasteiger partial charge in [0.1, 0.15) is 0 Å². The monoisotopic (exact) mass is 402 g/mol. The maximum atomic E-state index is 13.1. The fourth-order valence-corrected chi connectivity index (χ4v) is 2.76. The van der Waals surface area contributed by atoms with Crippen molar-refractivity contribution in [1.29, 1.82) is 0 Å². The minimum absolute atomic E-state index is 0.0110. The van der Waals surface area contributed by atoms with Crippen molar-refractivity contribution in [1.82, 2.24) is 10.2 Å². The number of rotatable bonds is 9. The van der Waals surface area contributed by atoms with Gasteiger partial charge < -0.3 is 15.5 Å². The van der Waals surface area contributed by atoms with Gasteiger partial charge in [0, 0.05) is 19.1 Å². The second-order valence-electron chi connectivity index (χ2n) is 6.84. The Morgan fingerprint density at radius 3 is 2.14 bits per heavy atom. The number of amides is 2. The number of anilines is 2. The van der Waals surface area contributed by atoms with Crippen molar-refractivity contribution in [2.75, 3.05) is 43.4 Å². The van der Waals surface area contributed by atoms with Gasteiger partial charge in [-0.15, -0.1) is 0 Å². The number of hydrogen-bond donors (Lipinski definition) is 2. The fourth-order valence-electron chi connectivity index (χ4n) is 2.76. The maximum absolute atomic E-state index is 13.1. The van der Waals surface area contributed by atoms with Gasteiger partial charge in [-0.2, -0.15) is 13.2 Å². The molecule has 2 N–H and O–H groups in total. The number of alkyl halides is 3. The van der Waals surface area contributed by atoms with E-state index in [2.05, 4.69) is 10.6 Å². The number of carbonyl (C=O) groups excluding carboxylic acids is 2. The molecule has 2 amide bonds. The highest BCUT2D eigenvalue weighted by molar-refractivity contribution is 5.96. The van der Waals surface area contributed by atoms with Crippen LogP contribution in [0.4, 0.5) is 24.5 Å². The van der Waals surface area contributed by atoms with Crippen LogP contribution in [0.25, 0.3) is 0 Å². The first kappa shape index (κ1) is 23.7. The third kappa shape index (κ3) is 7.38. The van der Waals surface area contributed by atoms with Crippen molar-refractivity contribution in [3.8, 4) is 0 Å². The normalized spacial score (nSPS) is 11.6. The summed E-state index contributed by atoms with van der Waals surface area (Å²) in [5.74, 6) is -0.722. The van der Waals surface area contributed by atoms with Gasteiger partial charge >= 0.3 is 6.18 Å². The van der Waals surface area contributed by atoms with Crippen LogP contribution in [-0.2, 0) is 15.8 Å². The summed E-state index contributed by atoms with van der Waals surface area (Å²) in [5.41, 5.74) is -0.210. The van der Waals surface area contributed by atoms with Crippen molar-refractivity contribution in [3.63, 3.8) is 0 Å². The first-order valence-corrected chi connectivity index (χ1v) is 9.21. The Morgan fingerprint density at radius 2 is 1.64 bits per heavy atom. The lowest BCUT2D eigenvalue weighted by Gasteiger charge is -2.25. The van der Waals surface area contributed by atoms with Crippen molar-refractivity contribution in [3.05, 3.63) is 23.8 Å². The highest BCUT2D eigenvalue weighted by Gasteiger charge is 2.31. The Hall–Kier alpha value is -2.29. The topological polar surface area (TPSA) is 64.7 Å². The molecule has 0 aromatic heterocycles. The zero-order valence-corrected chi connectivity index (χ0v) is 17.0. The number of nitrogens with zero attached hydrogens (tertiary/aromatic N) is 2. The van der Waals surface area contributed by atoms with E-state index in [-0.39, 0.29) is 30.7 Å². The van der Waals surface area contributed by atoms with Gasteiger partial charge in [0.25, 0.3) is 0 Å². The van der Waals surface area contributed by atoms with Crippen LogP contribution in [0.2, 0.25) is 0 Å². The molecule has 28 heavy (non-hydrogen) atoms. The zero-order chi connectivity index (χ0) is 21.5. The molecule has 0 unspecified atom stereocenters. The lowest BCUT2D eigenvalue weighted by molar-refractivity contribution is -0.137. The van der Waals surface area contributed by atoms with Gasteiger partial charge in [-0.1, -0.05) is 0 Å². The second-order valence-corrected chi connectivity index (χ2v) is 6.84. The van der Waals surface area contributed by atoms with Crippen LogP contribution in [0.5, 0.6) is 0 Å². The molecular weight excluding hydrogens is 373 g/mol. The summed E-state index contributed by atoms with van der Waals surface area (Å²) in [4.78, 5) is 27.5. The van der Waals surface area contributed by atoms with E-state index < -0.39 is 17.6 Å². The van der Waals surface area contributed by atoms with Gasteiger partial charge in [0.2, 0.25) is 11.8 Å². The summed E-state index contributed by atoms with van der Waals surface area (Å²) in [7, 11) is 1.59. The summed E-state index contributed by atoms with van der Waals surface area (Å²) < 4.78 is 39.2. The van der Waals surface area contributed by atoms with Crippen molar-refractivity contribution < 1.29 is 22.8 Å². The predicted molar refractivity (Wildman–Crippen MR) is 104 cm³/mol. The van der Waals surface area contributed by atoms with Crippen molar-refractivity contribution in [2.24, 2.45) is 0 Å². The Balaban J connectivity index is 2.94. The Kier molecular flexibility index (Phi) is 8.74. The molecule has 158 valence electrons. The van der Waals surface area contributed by atoms with E-state index in [0.29, 0.717) is 18.8 Å². The van der Waals surface area contributed by atoms with Crippen LogP contribution in [-0.4, -0.2) is 56.0 Å². The SMILES string of the molecule is CCN(CC)c1ccc(C(F)(F)F)cc1NC(=O)CN(C)CC(=O)NC(C)C. The zero-order valence-electron chi connectivity index (χ0n) is 17.0. The Bertz CT molecular complexity index is 674. The highest BCUT2D eigenvalue weighted by atomic mass is 19.4. The van der Waals surface area contributed by atoms with Gasteiger partial charge in [-0.3, -0.25) is 14.5 Å². The van der Waals surface area contributed by atoms with Crippen LogP contribution in [0.3, 0.4) is 0 Å². The number of halogens is 3. The van der Waals surface area contributed by atoms with E-state index in [1.165, 1.54) is 11.0 Å². The summed E-state index contributed by atoms with van der Waals surface area (Å²) >= 11 is 0. The number of carbonyl (C=O) groups is 2. The molecule has 0 fully saturated rings. The lowest BCUT2D eigenvalue weighted by Crippen LogP contribution is -2.41. The molecule has 0 saturated carbocycles. The molecule has 0 atom stereocenters. The predicted octanol–water partition coefficient (Wildman–Crippen LogP) is 2.95. The highest BCUT2D eigenvalue weighted by Crippen LogP contribution is 2.35. The molecule has 0 aliphatic heterocycles. The third-order valence-electron chi connectivity index (χ3n) is 3.98. The van der Waals surface area contributed by atoms with E-state index >= 15 is 0 Å². The molecule has 1 aromatic rings. The average molecular weight is 402 g/mol. The third-order valence-corrected chi connectivity index (χ3v) is 3.98. The Morgan fingerprint density at radius 1 is 1.07 bits per heavy atom. The average Bonchev–Trinajstić information content (AvgIpc) is 2.54.